The highest BCUT2D eigenvalue weighted by Gasteiger charge is 2.52. The number of aliphatic carboxylic acids is 1. The molecule has 6 heteroatoms. The highest BCUT2D eigenvalue weighted by molar-refractivity contribution is 5.85. The molecule has 0 spiro atoms. The van der Waals surface area contributed by atoms with Crippen LogP contribution >= 0.6 is 0 Å². The first kappa shape index (κ1) is 11.4. The second kappa shape index (κ2) is 3.73. The van der Waals surface area contributed by atoms with Crippen molar-refractivity contribution < 1.29 is 19.6 Å². The van der Waals surface area contributed by atoms with Crippen molar-refractivity contribution in [1.82, 2.24) is 0 Å². The second-order valence-electron chi connectivity index (χ2n) is 4.03. The van der Waals surface area contributed by atoms with E-state index in [-0.39, 0.29) is 11.4 Å². The third-order valence-corrected chi connectivity index (χ3v) is 3.09. The molecule has 0 amide bonds. The number of ether oxygens (including phenoxy) is 1. The van der Waals surface area contributed by atoms with Gasteiger partial charge < -0.3 is 9.84 Å². The van der Waals surface area contributed by atoms with E-state index < -0.39 is 16.3 Å². The van der Waals surface area contributed by atoms with Gasteiger partial charge in [0.15, 0.2) is 5.75 Å². The predicted molar refractivity (Wildman–Crippen MR) is 58.2 cm³/mol. The van der Waals surface area contributed by atoms with E-state index in [1.54, 1.807) is 6.07 Å². The zero-order valence-corrected chi connectivity index (χ0v) is 9.17. The molecule has 1 aliphatic carbocycles. The minimum absolute atomic E-state index is 0.139. The molecule has 0 bridgehead atoms. The van der Waals surface area contributed by atoms with Crippen LogP contribution in [0.3, 0.4) is 0 Å². The lowest BCUT2D eigenvalue weighted by atomic mass is 9.95. The van der Waals surface area contributed by atoms with Gasteiger partial charge in [0.05, 0.1) is 17.4 Å². The molecule has 0 atom stereocenters. The van der Waals surface area contributed by atoms with E-state index >= 15 is 0 Å². The number of carbonyl (C=O) groups is 1. The molecule has 2 rings (SSSR count). The molecule has 0 unspecified atom stereocenters. The molecule has 0 aliphatic heterocycles. The van der Waals surface area contributed by atoms with Crippen LogP contribution in [0, 0.1) is 10.1 Å². The highest BCUT2D eigenvalue weighted by atomic mass is 16.6. The van der Waals surface area contributed by atoms with E-state index in [4.69, 9.17) is 9.84 Å². The smallest absolute Gasteiger partial charge is 0.314 e. The fourth-order valence-electron chi connectivity index (χ4n) is 1.88. The Morgan fingerprint density at radius 2 is 2.18 bits per heavy atom. The van der Waals surface area contributed by atoms with Gasteiger partial charge in [0, 0.05) is 6.07 Å². The molecule has 0 aromatic heterocycles. The van der Waals surface area contributed by atoms with Gasteiger partial charge >= 0.3 is 11.7 Å². The number of benzene rings is 1. The van der Waals surface area contributed by atoms with Crippen molar-refractivity contribution >= 4 is 11.7 Å². The van der Waals surface area contributed by atoms with E-state index in [1.165, 1.54) is 19.2 Å². The molecule has 0 heterocycles. The maximum Gasteiger partial charge on any atom is 0.314 e. The van der Waals surface area contributed by atoms with Crippen molar-refractivity contribution in [2.24, 2.45) is 0 Å². The maximum absolute atomic E-state index is 11.1. The quantitative estimate of drug-likeness (QED) is 0.636. The normalized spacial score (nSPS) is 16.3. The van der Waals surface area contributed by atoms with Gasteiger partial charge in [-0.3, -0.25) is 14.9 Å². The summed E-state index contributed by atoms with van der Waals surface area (Å²) < 4.78 is 4.87. The first-order valence-electron chi connectivity index (χ1n) is 5.07. The van der Waals surface area contributed by atoms with Gasteiger partial charge in [-0.05, 0) is 24.5 Å². The standard InChI is InChI=1S/C11H11NO5/c1-17-9-3-2-7(6-8(9)12(15)16)11(4-5-11)10(13)14/h2-3,6H,4-5H2,1H3,(H,13,14). The Kier molecular flexibility index (Phi) is 2.49. The third kappa shape index (κ3) is 1.71. The summed E-state index contributed by atoms with van der Waals surface area (Å²) in [5, 5.41) is 19.9. The molecule has 6 nitrogen and oxygen atoms in total. The first-order chi connectivity index (χ1) is 8.01. The van der Waals surface area contributed by atoms with Crippen molar-refractivity contribution in [3.63, 3.8) is 0 Å². The number of methoxy groups -OCH3 is 1. The lowest BCUT2D eigenvalue weighted by molar-refractivity contribution is -0.385. The fourth-order valence-corrected chi connectivity index (χ4v) is 1.88. The van der Waals surface area contributed by atoms with Crippen molar-refractivity contribution in [3.05, 3.63) is 33.9 Å². The van der Waals surface area contributed by atoms with Gasteiger partial charge in [0.1, 0.15) is 0 Å². The average molecular weight is 237 g/mol. The van der Waals surface area contributed by atoms with Crippen molar-refractivity contribution in [2.45, 2.75) is 18.3 Å². The summed E-state index contributed by atoms with van der Waals surface area (Å²) in [5.74, 6) is -0.795. The summed E-state index contributed by atoms with van der Waals surface area (Å²) in [5.41, 5.74) is -0.660. The Morgan fingerprint density at radius 1 is 1.53 bits per heavy atom. The zero-order chi connectivity index (χ0) is 12.6. The lowest BCUT2D eigenvalue weighted by Gasteiger charge is -2.10. The Hall–Kier alpha value is -2.11. The molecule has 0 radical (unpaired) electrons. The monoisotopic (exact) mass is 237 g/mol. The highest BCUT2D eigenvalue weighted by Crippen LogP contribution is 2.49. The minimum Gasteiger partial charge on any atom is -0.490 e. The van der Waals surface area contributed by atoms with Crippen LogP contribution in [0.1, 0.15) is 18.4 Å². The van der Waals surface area contributed by atoms with Crippen LogP contribution in [0.4, 0.5) is 5.69 Å². The Labute approximate surface area is 97.0 Å². The van der Waals surface area contributed by atoms with Crippen LogP contribution in [-0.2, 0) is 10.2 Å². The molecule has 1 aliphatic rings. The SMILES string of the molecule is COc1ccc(C2(C(=O)O)CC2)cc1[N+](=O)[O-]. The van der Waals surface area contributed by atoms with Crippen LogP contribution in [-0.4, -0.2) is 23.1 Å². The maximum atomic E-state index is 11.1. The van der Waals surface area contributed by atoms with Gasteiger partial charge in [0.2, 0.25) is 0 Å². The number of nitro groups is 1. The number of rotatable bonds is 4. The van der Waals surface area contributed by atoms with Crippen molar-refractivity contribution in [3.8, 4) is 5.75 Å². The third-order valence-electron chi connectivity index (χ3n) is 3.09. The van der Waals surface area contributed by atoms with Crippen molar-refractivity contribution in [2.75, 3.05) is 7.11 Å². The lowest BCUT2D eigenvalue weighted by Crippen LogP contribution is -2.19. The van der Waals surface area contributed by atoms with Crippen LogP contribution in [0.25, 0.3) is 0 Å². The Bertz CT molecular complexity index is 493. The summed E-state index contributed by atoms with van der Waals surface area (Å²) in [4.78, 5) is 21.4. The number of carboxylic acids is 1. The van der Waals surface area contributed by atoms with E-state index in [9.17, 15) is 14.9 Å². The molecule has 1 N–H and O–H groups in total. The summed E-state index contributed by atoms with van der Waals surface area (Å²) in [6.45, 7) is 0. The van der Waals surface area contributed by atoms with Crippen LogP contribution in [0.2, 0.25) is 0 Å². The summed E-state index contributed by atoms with van der Waals surface area (Å²) in [6.07, 6.45) is 1.04. The average Bonchev–Trinajstić information content (AvgIpc) is 3.09. The molecular weight excluding hydrogens is 226 g/mol. The molecule has 0 saturated heterocycles. The Morgan fingerprint density at radius 3 is 2.59 bits per heavy atom. The molecule has 1 aromatic rings. The second-order valence-corrected chi connectivity index (χ2v) is 4.03. The predicted octanol–water partition coefficient (Wildman–Crippen LogP) is 1.72. The zero-order valence-electron chi connectivity index (χ0n) is 9.17. The van der Waals surface area contributed by atoms with Gasteiger partial charge in [-0.25, -0.2) is 0 Å². The fraction of sp³-hybridized carbons (Fsp3) is 0.364. The topological polar surface area (TPSA) is 89.7 Å². The van der Waals surface area contributed by atoms with E-state index in [0.29, 0.717) is 18.4 Å². The molecule has 1 saturated carbocycles. The summed E-state index contributed by atoms with van der Waals surface area (Å²) in [7, 11) is 1.34. The number of nitro benzene ring substituents is 1. The largest absolute Gasteiger partial charge is 0.490 e. The van der Waals surface area contributed by atoms with Gasteiger partial charge in [-0.15, -0.1) is 0 Å². The van der Waals surface area contributed by atoms with Gasteiger partial charge in [-0.1, -0.05) is 6.07 Å². The molecule has 17 heavy (non-hydrogen) atoms. The van der Waals surface area contributed by atoms with Crippen LogP contribution in [0.15, 0.2) is 18.2 Å². The summed E-state index contributed by atoms with van der Waals surface area (Å²) >= 11 is 0. The van der Waals surface area contributed by atoms with Gasteiger partial charge in [-0.2, -0.15) is 0 Å². The molecule has 1 fully saturated rings. The Balaban J connectivity index is 2.48. The van der Waals surface area contributed by atoms with E-state index in [2.05, 4.69) is 0 Å². The van der Waals surface area contributed by atoms with E-state index in [1.807, 2.05) is 0 Å². The summed E-state index contributed by atoms with van der Waals surface area (Å²) in [6, 6.07) is 4.31. The molecular formula is C11H11NO5. The first-order valence-corrected chi connectivity index (χ1v) is 5.07. The van der Waals surface area contributed by atoms with E-state index in [0.717, 1.165) is 0 Å². The van der Waals surface area contributed by atoms with Crippen LogP contribution < -0.4 is 4.74 Å². The minimum atomic E-state index is -0.934. The number of carboxylic acid groups (broad SMARTS) is 1. The number of hydrogen-bond donors (Lipinski definition) is 1. The van der Waals surface area contributed by atoms with Gasteiger partial charge in [0.25, 0.3) is 0 Å². The van der Waals surface area contributed by atoms with Crippen LogP contribution in [0.5, 0.6) is 5.75 Å². The molecule has 1 aromatic carbocycles. The number of hydrogen-bond acceptors (Lipinski definition) is 4. The molecule has 90 valence electrons. The number of nitrogens with zero attached hydrogens (tertiary/aromatic N) is 1. The van der Waals surface area contributed by atoms with Crippen molar-refractivity contribution in [1.29, 1.82) is 0 Å².